The summed E-state index contributed by atoms with van der Waals surface area (Å²) < 4.78 is 10.3. The molecule has 29 heavy (non-hydrogen) atoms. The molecule has 3 aromatic heterocycles. The number of pyridine rings is 2. The number of halogens is 2. The van der Waals surface area contributed by atoms with Crippen LogP contribution in [0.15, 0.2) is 76.9 Å². The van der Waals surface area contributed by atoms with E-state index >= 15 is 0 Å². The summed E-state index contributed by atoms with van der Waals surface area (Å²) in [6, 6.07) is 17.3. The summed E-state index contributed by atoms with van der Waals surface area (Å²) in [7, 11) is 0. The van der Waals surface area contributed by atoms with Crippen molar-refractivity contribution in [2.24, 2.45) is 0 Å². The molecule has 150 valence electrons. The van der Waals surface area contributed by atoms with Gasteiger partial charge < -0.3 is 10.1 Å². The molecule has 0 aliphatic rings. The first kappa shape index (κ1) is 22.9. The first-order valence-corrected chi connectivity index (χ1v) is 9.74. The Morgan fingerprint density at radius 1 is 1.00 bits per heavy atom. The number of hydrogen-bond donors (Lipinski definition) is 1. The van der Waals surface area contributed by atoms with Crippen molar-refractivity contribution in [3.05, 3.63) is 72.8 Å². The Labute approximate surface area is 189 Å². The van der Waals surface area contributed by atoms with Gasteiger partial charge in [-0.1, -0.05) is 36.0 Å². The van der Waals surface area contributed by atoms with Crippen LogP contribution in [0.25, 0.3) is 0 Å². The Kier molecular flexibility index (Phi) is 8.66. The summed E-state index contributed by atoms with van der Waals surface area (Å²) in [5.74, 6) is 2.64. The van der Waals surface area contributed by atoms with Crippen LogP contribution in [0.4, 0.5) is 10.9 Å². The zero-order valence-corrected chi connectivity index (χ0v) is 18.4. The smallest absolute Gasteiger partial charge is 0.208 e. The molecule has 0 radical (unpaired) electrons. The average Bonchev–Trinajstić information content (AvgIpc) is 3.10. The van der Waals surface area contributed by atoms with Gasteiger partial charge in [-0.25, -0.2) is 15.0 Å². The van der Waals surface area contributed by atoms with E-state index in [0.29, 0.717) is 16.7 Å². The molecular formula is C19H17Cl2N5OS2. The molecule has 0 spiro atoms. The molecule has 0 bridgehead atoms. The molecule has 1 N–H and O–H groups in total. The van der Waals surface area contributed by atoms with Crippen LogP contribution in [0.3, 0.4) is 0 Å². The number of para-hydroxylation sites is 1. The number of nitrogens with one attached hydrogen (secondary N) is 1. The minimum Gasteiger partial charge on any atom is -0.453 e. The fraction of sp³-hybridized carbons (Fsp3) is 0.0526. The summed E-state index contributed by atoms with van der Waals surface area (Å²) >= 11 is 2.81. The summed E-state index contributed by atoms with van der Waals surface area (Å²) in [6.45, 7) is 1.85. The number of ether oxygens (including phenoxy) is 1. The number of anilines is 2. The Morgan fingerprint density at radius 3 is 2.48 bits per heavy atom. The number of nitrogens with zero attached hydrogens (tertiary/aromatic N) is 4. The molecule has 0 atom stereocenters. The van der Waals surface area contributed by atoms with Crippen LogP contribution in [0.5, 0.6) is 11.5 Å². The minimum atomic E-state index is 0. The zero-order chi connectivity index (χ0) is 18.5. The van der Waals surface area contributed by atoms with Gasteiger partial charge in [0.1, 0.15) is 16.6 Å². The monoisotopic (exact) mass is 465 g/mol. The van der Waals surface area contributed by atoms with Crippen molar-refractivity contribution in [1.82, 2.24) is 19.3 Å². The van der Waals surface area contributed by atoms with Crippen LogP contribution < -0.4 is 10.1 Å². The van der Waals surface area contributed by atoms with E-state index in [1.54, 1.807) is 12.4 Å². The molecule has 0 saturated heterocycles. The van der Waals surface area contributed by atoms with Crippen molar-refractivity contribution in [3.8, 4) is 11.5 Å². The molecule has 0 aliphatic carbocycles. The second kappa shape index (κ2) is 11.0. The Bertz CT molecular complexity index is 1040. The van der Waals surface area contributed by atoms with E-state index in [9.17, 15) is 0 Å². The first-order valence-electron chi connectivity index (χ1n) is 8.15. The quantitative estimate of drug-likeness (QED) is 0.364. The van der Waals surface area contributed by atoms with Crippen LogP contribution >= 0.6 is 48.1 Å². The van der Waals surface area contributed by atoms with E-state index < -0.39 is 0 Å². The van der Waals surface area contributed by atoms with Crippen LogP contribution in [-0.4, -0.2) is 19.3 Å². The minimum absolute atomic E-state index is 0. The van der Waals surface area contributed by atoms with E-state index in [1.165, 1.54) is 23.3 Å². The van der Waals surface area contributed by atoms with E-state index in [1.807, 2.05) is 61.5 Å². The lowest BCUT2D eigenvalue weighted by Crippen LogP contribution is -1.97. The Hall–Kier alpha value is -2.39. The highest BCUT2D eigenvalue weighted by Crippen LogP contribution is 2.35. The predicted molar refractivity (Wildman–Crippen MR) is 122 cm³/mol. The van der Waals surface area contributed by atoms with Crippen molar-refractivity contribution in [1.29, 1.82) is 0 Å². The van der Waals surface area contributed by atoms with Crippen molar-refractivity contribution in [2.75, 3.05) is 5.32 Å². The van der Waals surface area contributed by atoms with Crippen molar-refractivity contribution in [3.63, 3.8) is 0 Å². The number of hydrogen-bond acceptors (Lipinski definition) is 8. The third-order valence-corrected chi connectivity index (χ3v) is 5.04. The number of aryl methyl sites for hydroxylation is 1. The fourth-order valence-electron chi connectivity index (χ4n) is 2.25. The lowest BCUT2D eigenvalue weighted by molar-refractivity contribution is 0.481. The van der Waals surface area contributed by atoms with Crippen molar-refractivity contribution >= 4 is 59.1 Å². The molecule has 4 aromatic rings. The van der Waals surface area contributed by atoms with Gasteiger partial charge in [0.05, 0.1) is 0 Å². The summed E-state index contributed by atoms with van der Waals surface area (Å²) in [5.41, 5.74) is 0. The van der Waals surface area contributed by atoms with E-state index in [0.717, 1.165) is 21.5 Å². The molecule has 10 heteroatoms. The topological polar surface area (TPSA) is 72.8 Å². The van der Waals surface area contributed by atoms with E-state index in [2.05, 4.69) is 24.6 Å². The summed E-state index contributed by atoms with van der Waals surface area (Å²) in [6.07, 6.45) is 3.55. The lowest BCUT2D eigenvalue weighted by Gasteiger charge is -2.12. The first-order chi connectivity index (χ1) is 13.3. The average molecular weight is 466 g/mol. The Balaban J connectivity index is 0.00000150. The van der Waals surface area contributed by atoms with Crippen LogP contribution in [-0.2, 0) is 0 Å². The molecular weight excluding hydrogens is 449 g/mol. The molecule has 0 fully saturated rings. The summed E-state index contributed by atoms with van der Waals surface area (Å²) in [4.78, 5) is 14.1. The zero-order valence-electron chi connectivity index (χ0n) is 15.2. The van der Waals surface area contributed by atoms with Crippen LogP contribution in [0.1, 0.15) is 5.82 Å². The van der Waals surface area contributed by atoms with Crippen LogP contribution in [0, 0.1) is 6.92 Å². The lowest BCUT2D eigenvalue weighted by atomic mass is 10.3. The normalized spacial score (nSPS) is 9.83. The van der Waals surface area contributed by atoms with Gasteiger partial charge in [0.2, 0.25) is 5.13 Å². The van der Waals surface area contributed by atoms with E-state index in [4.69, 9.17) is 4.74 Å². The van der Waals surface area contributed by atoms with Crippen molar-refractivity contribution < 1.29 is 4.74 Å². The van der Waals surface area contributed by atoms with Gasteiger partial charge in [0.15, 0.2) is 11.6 Å². The maximum atomic E-state index is 6.06. The molecule has 0 saturated carbocycles. The van der Waals surface area contributed by atoms with Gasteiger partial charge in [-0.2, -0.15) is 4.37 Å². The molecule has 4 rings (SSSR count). The maximum absolute atomic E-state index is 6.06. The number of benzene rings is 1. The fourth-order valence-corrected chi connectivity index (χ4v) is 3.59. The molecule has 3 heterocycles. The van der Waals surface area contributed by atoms with Crippen LogP contribution in [0.2, 0.25) is 0 Å². The number of aromatic nitrogens is 4. The third kappa shape index (κ3) is 6.30. The maximum Gasteiger partial charge on any atom is 0.208 e. The second-order valence-electron chi connectivity index (χ2n) is 5.47. The SMILES string of the molecule is Cc1nsc(Nc2ncc(Sc3ccccn3)cc2Oc2ccccc2)n1.Cl.Cl. The van der Waals surface area contributed by atoms with Gasteiger partial charge in [-0.05, 0) is 31.2 Å². The number of rotatable bonds is 6. The van der Waals surface area contributed by atoms with Gasteiger partial charge in [-0.15, -0.1) is 24.8 Å². The molecule has 1 aromatic carbocycles. The highest BCUT2D eigenvalue weighted by atomic mass is 35.5. The van der Waals surface area contributed by atoms with Gasteiger partial charge in [0.25, 0.3) is 0 Å². The molecule has 0 unspecified atom stereocenters. The highest BCUT2D eigenvalue weighted by molar-refractivity contribution is 7.99. The third-order valence-electron chi connectivity index (χ3n) is 3.41. The predicted octanol–water partition coefficient (Wildman–Crippen LogP) is 6.17. The van der Waals surface area contributed by atoms with Gasteiger partial charge >= 0.3 is 0 Å². The van der Waals surface area contributed by atoms with E-state index in [-0.39, 0.29) is 24.8 Å². The molecule has 0 aliphatic heterocycles. The highest BCUT2D eigenvalue weighted by Gasteiger charge is 2.12. The second-order valence-corrected chi connectivity index (χ2v) is 7.32. The van der Waals surface area contributed by atoms with Gasteiger partial charge in [0, 0.05) is 34.9 Å². The Morgan fingerprint density at radius 2 is 1.79 bits per heavy atom. The molecule has 6 nitrogen and oxygen atoms in total. The largest absolute Gasteiger partial charge is 0.453 e. The van der Waals surface area contributed by atoms with Crippen molar-refractivity contribution in [2.45, 2.75) is 16.8 Å². The summed E-state index contributed by atoms with van der Waals surface area (Å²) in [5, 5.41) is 4.75. The molecule has 0 amide bonds. The van der Waals surface area contributed by atoms with Gasteiger partial charge in [-0.3, -0.25) is 0 Å². The standard InChI is InChI=1S/C19H15N5OS2.2ClH/c1-13-22-19(27-24-13)23-18-16(25-14-7-3-2-4-8-14)11-15(12-21-18)26-17-9-5-6-10-20-17;;/h2-12H,1H3,(H,21,22,23,24);2*1H.